The van der Waals surface area contributed by atoms with E-state index in [1.807, 2.05) is 6.20 Å². The summed E-state index contributed by atoms with van der Waals surface area (Å²) in [7, 11) is 3.86. The topological polar surface area (TPSA) is 40.3 Å². The minimum absolute atomic E-state index is 0.792. The molecule has 0 aliphatic rings. The van der Waals surface area contributed by atoms with Crippen molar-refractivity contribution in [2.45, 2.75) is 6.54 Å². The molecule has 0 amide bonds. The molecule has 0 spiro atoms. The minimum Gasteiger partial charge on any atom is -0.383 e. The highest BCUT2D eigenvalue weighted by atomic mass is 16.5. The first-order chi connectivity index (χ1) is 9.29. The molecule has 1 aromatic carbocycles. The summed E-state index contributed by atoms with van der Waals surface area (Å²) in [5.74, 6) is 0. The molecule has 19 heavy (non-hydrogen) atoms. The monoisotopic (exact) mass is 261 g/mol. The number of fused-ring (bicyclic) bond motifs is 1. The fraction of sp³-hybridized carbons (Fsp3) is 0.467. The van der Waals surface area contributed by atoms with E-state index in [1.165, 1.54) is 16.5 Å². The van der Waals surface area contributed by atoms with Crippen LogP contribution in [0.5, 0.6) is 0 Å². The molecule has 0 fully saturated rings. The number of methoxy groups -OCH3 is 1. The van der Waals surface area contributed by atoms with Crippen LogP contribution in [-0.4, -0.2) is 50.3 Å². The number of ether oxygens (including phenoxy) is 1. The number of rotatable bonds is 8. The van der Waals surface area contributed by atoms with Crippen molar-refractivity contribution < 1.29 is 4.74 Å². The fourth-order valence-electron chi connectivity index (χ4n) is 2.07. The molecular weight excluding hydrogens is 238 g/mol. The summed E-state index contributed by atoms with van der Waals surface area (Å²) in [4.78, 5) is 5.48. The van der Waals surface area contributed by atoms with Crippen LogP contribution in [0, 0.1) is 0 Å². The van der Waals surface area contributed by atoms with Gasteiger partial charge in [-0.3, -0.25) is 0 Å². The maximum Gasteiger partial charge on any atom is 0.0589 e. The summed E-state index contributed by atoms with van der Waals surface area (Å²) in [6.07, 6.45) is 1.98. The lowest BCUT2D eigenvalue weighted by Gasteiger charge is -2.16. The number of hydrogen-bond donors (Lipinski definition) is 2. The highest BCUT2D eigenvalue weighted by molar-refractivity contribution is 5.79. The van der Waals surface area contributed by atoms with Crippen LogP contribution in [-0.2, 0) is 11.3 Å². The van der Waals surface area contributed by atoms with Gasteiger partial charge in [-0.05, 0) is 36.2 Å². The van der Waals surface area contributed by atoms with Gasteiger partial charge in [-0.1, -0.05) is 6.07 Å². The molecule has 4 heteroatoms. The third kappa shape index (κ3) is 4.35. The zero-order valence-corrected chi connectivity index (χ0v) is 11.8. The van der Waals surface area contributed by atoms with Crippen molar-refractivity contribution >= 4 is 10.9 Å². The van der Waals surface area contributed by atoms with E-state index >= 15 is 0 Å². The highest BCUT2D eigenvalue weighted by Crippen LogP contribution is 2.13. The van der Waals surface area contributed by atoms with Gasteiger partial charge in [0.2, 0.25) is 0 Å². The average molecular weight is 261 g/mol. The molecule has 0 bridgehead atoms. The van der Waals surface area contributed by atoms with Crippen molar-refractivity contribution in [2.75, 3.05) is 40.4 Å². The first-order valence-electron chi connectivity index (χ1n) is 6.74. The molecular formula is C15H23N3O. The highest BCUT2D eigenvalue weighted by Gasteiger charge is 1.99. The summed E-state index contributed by atoms with van der Waals surface area (Å²) in [5.41, 5.74) is 2.52. The summed E-state index contributed by atoms with van der Waals surface area (Å²) >= 11 is 0. The van der Waals surface area contributed by atoms with E-state index in [2.05, 4.69) is 46.5 Å². The quantitative estimate of drug-likeness (QED) is 0.712. The molecule has 1 heterocycles. The Balaban J connectivity index is 1.70. The molecule has 0 atom stereocenters. The molecule has 0 unspecified atom stereocenters. The van der Waals surface area contributed by atoms with Gasteiger partial charge < -0.3 is 19.9 Å². The fourth-order valence-corrected chi connectivity index (χ4v) is 2.07. The van der Waals surface area contributed by atoms with Gasteiger partial charge in [0.25, 0.3) is 0 Å². The second-order valence-corrected chi connectivity index (χ2v) is 4.87. The minimum atomic E-state index is 0.792. The zero-order chi connectivity index (χ0) is 13.5. The molecule has 2 aromatic rings. The lowest BCUT2D eigenvalue weighted by Crippen LogP contribution is -2.31. The Kier molecular flexibility index (Phi) is 5.39. The van der Waals surface area contributed by atoms with Gasteiger partial charge in [-0.15, -0.1) is 0 Å². The van der Waals surface area contributed by atoms with Gasteiger partial charge in [0.05, 0.1) is 6.61 Å². The number of likely N-dealkylation sites (N-methyl/N-ethyl adjacent to an activating group) is 1. The predicted octanol–water partition coefficient (Wildman–Crippen LogP) is 1.84. The lowest BCUT2D eigenvalue weighted by atomic mass is 10.1. The van der Waals surface area contributed by atoms with E-state index in [-0.39, 0.29) is 0 Å². The van der Waals surface area contributed by atoms with Crippen molar-refractivity contribution in [3.63, 3.8) is 0 Å². The summed E-state index contributed by atoms with van der Waals surface area (Å²) in [5, 5.41) is 4.75. The van der Waals surface area contributed by atoms with Crippen molar-refractivity contribution in [1.29, 1.82) is 0 Å². The van der Waals surface area contributed by atoms with E-state index in [1.54, 1.807) is 7.11 Å². The van der Waals surface area contributed by atoms with E-state index in [4.69, 9.17) is 4.74 Å². The summed E-state index contributed by atoms with van der Waals surface area (Å²) < 4.78 is 5.06. The van der Waals surface area contributed by atoms with Crippen LogP contribution >= 0.6 is 0 Å². The standard InChI is InChI=1S/C15H23N3O/c1-18(9-10-19-2)8-7-16-12-13-3-4-15-14(11-13)5-6-17-15/h3-6,11,16-17H,7-10,12H2,1-2H3. The van der Waals surface area contributed by atoms with Gasteiger partial charge in [0, 0.05) is 45.0 Å². The van der Waals surface area contributed by atoms with E-state index in [0.29, 0.717) is 0 Å². The van der Waals surface area contributed by atoms with Gasteiger partial charge >= 0.3 is 0 Å². The Morgan fingerprint density at radius 3 is 3.00 bits per heavy atom. The van der Waals surface area contributed by atoms with Gasteiger partial charge in [-0.2, -0.15) is 0 Å². The van der Waals surface area contributed by atoms with Crippen LogP contribution < -0.4 is 5.32 Å². The Labute approximate surface area is 114 Å². The molecule has 0 aliphatic heterocycles. The average Bonchev–Trinajstić information content (AvgIpc) is 2.88. The molecule has 104 valence electrons. The number of H-pyrrole nitrogens is 1. The van der Waals surface area contributed by atoms with Crippen LogP contribution in [0.4, 0.5) is 0 Å². The van der Waals surface area contributed by atoms with Crippen LogP contribution in [0.25, 0.3) is 10.9 Å². The van der Waals surface area contributed by atoms with Crippen LogP contribution in [0.15, 0.2) is 30.5 Å². The smallest absolute Gasteiger partial charge is 0.0589 e. The second kappa shape index (κ2) is 7.28. The maximum absolute atomic E-state index is 5.06. The number of nitrogens with one attached hydrogen (secondary N) is 2. The van der Waals surface area contributed by atoms with Crippen molar-refractivity contribution in [3.8, 4) is 0 Å². The number of aromatic amines is 1. The number of aromatic nitrogens is 1. The third-order valence-corrected chi connectivity index (χ3v) is 3.29. The molecule has 2 rings (SSSR count). The predicted molar refractivity (Wildman–Crippen MR) is 79.4 cm³/mol. The number of hydrogen-bond acceptors (Lipinski definition) is 3. The Morgan fingerprint density at radius 2 is 2.16 bits per heavy atom. The molecule has 0 aliphatic carbocycles. The number of nitrogens with zero attached hydrogens (tertiary/aromatic N) is 1. The van der Waals surface area contributed by atoms with Crippen molar-refractivity contribution in [1.82, 2.24) is 15.2 Å². The van der Waals surface area contributed by atoms with E-state index in [0.717, 1.165) is 32.8 Å². The maximum atomic E-state index is 5.06. The normalized spacial score (nSPS) is 11.5. The van der Waals surface area contributed by atoms with Gasteiger partial charge in [0.15, 0.2) is 0 Å². The molecule has 0 radical (unpaired) electrons. The molecule has 0 saturated carbocycles. The van der Waals surface area contributed by atoms with Gasteiger partial charge in [0.1, 0.15) is 0 Å². The van der Waals surface area contributed by atoms with Crippen molar-refractivity contribution in [2.24, 2.45) is 0 Å². The van der Waals surface area contributed by atoms with Crippen LogP contribution in [0.3, 0.4) is 0 Å². The molecule has 2 N–H and O–H groups in total. The third-order valence-electron chi connectivity index (χ3n) is 3.29. The van der Waals surface area contributed by atoms with Crippen LogP contribution in [0.2, 0.25) is 0 Å². The largest absolute Gasteiger partial charge is 0.383 e. The Hall–Kier alpha value is -1.36. The summed E-state index contributed by atoms with van der Waals surface area (Å²) in [6, 6.07) is 8.64. The van der Waals surface area contributed by atoms with Gasteiger partial charge in [-0.25, -0.2) is 0 Å². The number of benzene rings is 1. The SMILES string of the molecule is COCCN(C)CCNCc1ccc2[nH]ccc2c1. The van der Waals surface area contributed by atoms with E-state index < -0.39 is 0 Å². The zero-order valence-electron chi connectivity index (χ0n) is 11.8. The molecule has 4 nitrogen and oxygen atoms in total. The Bertz CT molecular complexity index is 495. The first-order valence-corrected chi connectivity index (χ1v) is 6.74. The van der Waals surface area contributed by atoms with Crippen molar-refractivity contribution in [3.05, 3.63) is 36.0 Å². The molecule has 0 saturated heterocycles. The van der Waals surface area contributed by atoms with Crippen LogP contribution in [0.1, 0.15) is 5.56 Å². The first kappa shape index (κ1) is 14.1. The van der Waals surface area contributed by atoms with E-state index in [9.17, 15) is 0 Å². The summed E-state index contributed by atoms with van der Waals surface area (Å²) in [6.45, 7) is 4.72. The Morgan fingerprint density at radius 1 is 1.26 bits per heavy atom. The molecule has 1 aromatic heterocycles. The lowest BCUT2D eigenvalue weighted by molar-refractivity contribution is 0.161. The second-order valence-electron chi connectivity index (χ2n) is 4.87.